The Kier molecular flexibility index (Phi) is 3.79. The lowest BCUT2D eigenvalue weighted by atomic mass is 9.96. The third-order valence-electron chi connectivity index (χ3n) is 3.47. The molecule has 3 heteroatoms. The van der Waals surface area contributed by atoms with Gasteiger partial charge in [-0.2, -0.15) is 0 Å². The first-order valence-electron chi connectivity index (χ1n) is 6.24. The van der Waals surface area contributed by atoms with Gasteiger partial charge in [-0.25, -0.2) is 0 Å². The Morgan fingerprint density at radius 2 is 2.00 bits per heavy atom. The lowest BCUT2D eigenvalue weighted by Crippen LogP contribution is -2.33. The summed E-state index contributed by atoms with van der Waals surface area (Å²) >= 11 is 0. The average molecular weight is 232 g/mol. The van der Waals surface area contributed by atoms with Crippen molar-refractivity contribution in [1.29, 1.82) is 0 Å². The van der Waals surface area contributed by atoms with Crippen LogP contribution in [0, 0.1) is 0 Å². The van der Waals surface area contributed by atoms with E-state index in [4.69, 9.17) is 0 Å². The van der Waals surface area contributed by atoms with Crippen LogP contribution in [0.15, 0.2) is 30.3 Å². The number of nitrogens with one attached hydrogen (secondary N) is 2. The predicted molar refractivity (Wildman–Crippen MR) is 68.9 cm³/mol. The zero-order chi connectivity index (χ0) is 12.1. The largest absolute Gasteiger partial charge is 0.355 e. The lowest BCUT2D eigenvalue weighted by Gasteiger charge is -2.16. The van der Waals surface area contributed by atoms with Gasteiger partial charge in [-0.3, -0.25) is 4.79 Å². The van der Waals surface area contributed by atoms with Crippen molar-refractivity contribution in [2.24, 2.45) is 0 Å². The zero-order valence-electron chi connectivity index (χ0n) is 10.3. The summed E-state index contributed by atoms with van der Waals surface area (Å²) in [7, 11) is 1.86. The van der Waals surface area contributed by atoms with Crippen molar-refractivity contribution in [3.8, 4) is 0 Å². The highest BCUT2D eigenvalue weighted by Crippen LogP contribution is 2.47. The van der Waals surface area contributed by atoms with E-state index in [1.165, 1.54) is 18.4 Å². The predicted octanol–water partition coefficient (Wildman–Crippen LogP) is 1.44. The molecule has 1 saturated carbocycles. The molecule has 17 heavy (non-hydrogen) atoms. The van der Waals surface area contributed by atoms with Crippen LogP contribution in [0.25, 0.3) is 0 Å². The first kappa shape index (κ1) is 12.1. The van der Waals surface area contributed by atoms with Crippen LogP contribution in [0.3, 0.4) is 0 Å². The summed E-state index contributed by atoms with van der Waals surface area (Å²) in [6, 6.07) is 10.5. The minimum atomic E-state index is 0.140. The molecule has 1 amide bonds. The van der Waals surface area contributed by atoms with Crippen molar-refractivity contribution in [2.75, 3.05) is 20.1 Å². The third-order valence-corrected chi connectivity index (χ3v) is 3.47. The number of rotatable bonds is 6. The van der Waals surface area contributed by atoms with E-state index in [9.17, 15) is 4.79 Å². The Balaban J connectivity index is 1.85. The van der Waals surface area contributed by atoms with E-state index in [1.807, 2.05) is 13.1 Å². The number of carbonyl (C=O) groups is 1. The quantitative estimate of drug-likeness (QED) is 0.779. The van der Waals surface area contributed by atoms with E-state index < -0.39 is 0 Å². The van der Waals surface area contributed by atoms with Gasteiger partial charge in [-0.1, -0.05) is 30.3 Å². The Bertz CT molecular complexity index is 371. The number of hydrogen-bond acceptors (Lipinski definition) is 2. The molecule has 0 saturated heterocycles. The molecule has 92 valence electrons. The number of benzene rings is 1. The molecule has 0 heterocycles. The minimum absolute atomic E-state index is 0.140. The first-order chi connectivity index (χ1) is 8.27. The first-order valence-corrected chi connectivity index (χ1v) is 6.24. The zero-order valence-corrected chi connectivity index (χ0v) is 10.3. The highest BCUT2D eigenvalue weighted by atomic mass is 16.1. The monoisotopic (exact) mass is 232 g/mol. The maximum absolute atomic E-state index is 11.6. The Labute approximate surface area is 103 Å². The normalized spacial score (nSPS) is 16.5. The highest BCUT2D eigenvalue weighted by Gasteiger charge is 2.44. The van der Waals surface area contributed by atoms with E-state index in [2.05, 4.69) is 34.9 Å². The molecular weight excluding hydrogens is 212 g/mol. The molecule has 2 rings (SSSR count). The van der Waals surface area contributed by atoms with Crippen molar-refractivity contribution in [1.82, 2.24) is 10.6 Å². The van der Waals surface area contributed by atoms with Gasteiger partial charge >= 0.3 is 0 Å². The summed E-state index contributed by atoms with van der Waals surface area (Å²) < 4.78 is 0. The number of amides is 1. The van der Waals surface area contributed by atoms with Crippen LogP contribution in [0.4, 0.5) is 0 Å². The van der Waals surface area contributed by atoms with Crippen LogP contribution < -0.4 is 10.6 Å². The Hall–Kier alpha value is -1.35. The standard InChI is InChI=1S/C14H20N2O/c1-15-10-7-13(17)16-11-14(8-9-14)12-5-3-2-4-6-12/h2-6,15H,7-11H2,1H3,(H,16,17). The van der Waals surface area contributed by atoms with E-state index in [0.717, 1.165) is 13.1 Å². The molecule has 0 aromatic heterocycles. The van der Waals surface area contributed by atoms with Crippen molar-refractivity contribution < 1.29 is 4.79 Å². The van der Waals surface area contributed by atoms with E-state index in [0.29, 0.717) is 6.42 Å². The van der Waals surface area contributed by atoms with Crippen molar-refractivity contribution in [3.05, 3.63) is 35.9 Å². The maximum Gasteiger partial charge on any atom is 0.221 e. The van der Waals surface area contributed by atoms with Crippen molar-refractivity contribution >= 4 is 5.91 Å². The van der Waals surface area contributed by atoms with Gasteiger partial charge in [0.2, 0.25) is 5.91 Å². The summed E-state index contributed by atoms with van der Waals surface area (Å²) in [5.74, 6) is 0.140. The smallest absolute Gasteiger partial charge is 0.221 e. The van der Waals surface area contributed by atoms with Gasteiger partial charge in [0.05, 0.1) is 0 Å². The fourth-order valence-corrected chi connectivity index (χ4v) is 2.10. The molecule has 1 aliphatic carbocycles. The van der Waals surface area contributed by atoms with Crippen molar-refractivity contribution in [3.63, 3.8) is 0 Å². The molecule has 0 bridgehead atoms. The second-order valence-corrected chi connectivity index (χ2v) is 4.78. The molecule has 2 N–H and O–H groups in total. The van der Waals surface area contributed by atoms with E-state index in [-0.39, 0.29) is 11.3 Å². The molecule has 1 fully saturated rings. The van der Waals surface area contributed by atoms with Gasteiger partial charge in [0.1, 0.15) is 0 Å². The maximum atomic E-state index is 11.6. The fraction of sp³-hybridized carbons (Fsp3) is 0.500. The summed E-state index contributed by atoms with van der Waals surface area (Å²) in [5, 5.41) is 6.02. The minimum Gasteiger partial charge on any atom is -0.355 e. The van der Waals surface area contributed by atoms with Crippen LogP contribution in [0.1, 0.15) is 24.8 Å². The molecule has 0 radical (unpaired) electrons. The number of carbonyl (C=O) groups excluding carboxylic acids is 1. The molecule has 0 unspecified atom stereocenters. The SMILES string of the molecule is CNCCC(=O)NCC1(c2ccccc2)CC1. The van der Waals surface area contributed by atoms with E-state index in [1.54, 1.807) is 0 Å². The van der Waals surface area contributed by atoms with Gasteiger partial charge < -0.3 is 10.6 Å². The third kappa shape index (κ3) is 3.07. The second kappa shape index (κ2) is 5.32. The average Bonchev–Trinajstić information content (AvgIpc) is 3.16. The lowest BCUT2D eigenvalue weighted by molar-refractivity contribution is -0.121. The van der Waals surface area contributed by atoms with Gasteiger partial charge in [0, 0.05) is 24.9 Å². The molecule has 0 aliphatic heterocycles. The molecular formula is C14H20N2O. The summed E-state index contributed by atoms with van der Waals surface area (Å²) in [5.41, 5.74) is 1.57. The van der Waals surface area contributed by atoms with Crippen LogP contribution in [0.5, 0.6) is 0 Å². The van der Waals surface area contributed by atoms with Crippen LogP contribution in [-0.4, -0.2) is 26.0 Å². The topological polar surface area (TPSA) is 41.1 Å². The number of hydrogen-bond donors (Lipinski definition) is 2. The summed E-state index contributed by atoms with van der Waals surface area (Å²) in [6.07, 6.45) is 2.92. The Morgan fingerprint density at radius 3 is 2.59 bits per heavy atom. The van der Waals surface area contributed by atoms with Gasteiger partial charge in [0.25, 0.3) is 0 Å². The molecule has 1 aromatic rings. The fourth-order valence-electron chi connectivity index (χ4n) is 2.10. The van der Waals surface area contributed by atoms with Gasteiger partial charge in [0.15, 0.2) is 0 Å². The van der Waals surface area contributed by atoms with E-state index >= 15 is 0 Å². The highest BCUT2D eigenvalue weighted by molar-refractivity contribution is 5.76. The van der Waals surface area contributed by atoms with Crippen molar-refractivity contribution in [2.45, 2.75) is 24.7 Å². The van der Waals surface area contributed by atoms with Gasteiger partial charge in [-0.15, -0.1) is 0 Å². The van der Waals surface area contributed by atoms with Crippen LogP contribution >= 0.6 is 0 Å². The molecule has 1 aliphatic rings. The molecule has 3 nitrogen and oxygen atoms in total. The van der Waals surface area contributed by atoms with Crippen LogP contribution in [0.2, 0.25) is 0 Å². The van der Waals surface area contributed by atoms with Crippen LogP contribution in [-0.2, 0) is 10.2 Å². The summed E-state index contributed by atoms with van der Waals surface area (Å²) in [4.78, 5) is 11.6. The molecule has 0 atom stereocenters. The molecule has 1 aromatic carbocycles. The Morgan fingerprint density at radius 1 is 1.29 bits per heavy atom. The summed E-state index contributed by atoms with van der Waals surface area (Å²) in [6.45, 7) is 1.52. The second-order valence-electron chi connectivity index (χ2n) is 4.78. The van der Waals surface area contributed by atoms with Gasteiger partial charge in [-0.05, 0) is 25.5 Å². The molecule has 0 spiro atoms.